The predicted molar refractivity (Wildman–Crippen MR) is 129 cm³/mol. The highest BCUT2D eigenvalue weighted by molar-refractivity contribution is 7.91. The van der Waals surface area contributed by atoms with Gasteiger partial charge < -0.3 is 0 Å². The summed E-state index contributed by atoms with van der Waals surface area (Å²) in [5, 5.41) is 0. The van der Waals surface area contributed by atoms with Gasteiger partial charge in [-0.3, -0.25) is 9.59 Å². The molecule has 0 aliphatic heterocycles. The van der Waals surface area contributed by atoms with Crippen molar-refractivity contribution in [1.29, 1.82) is 0 Å². The second-order valence-corrected chi connectivity index (χ2v) is 13.0. The molecule has 10 heteroatoms. The standard InChI is InChI=1S/C24H30N2O6S2/c1-3-5-9-13-33(29,30)15-19-20(16-34(31,32)14-10-6-4-2)26-22-21(25-19)23(27)17-11-7-8-12-18(17)24(22)28/h7-8,11-12H,3-6,9-10,13-16H2,1-2H3. The van der Waals surface area contributed by atoms with Gasteiger partial charge in [0.2, 0.25) is 11.6 Å². The number of unbranched alkanes of at least 4 members (excludes halogenated alkanes) is 4. The molecular formula is C24H30N2O6S2. The summed E-state index contributed by atoms with van der Waals surface area (Å²) in [6.07, 6.45) is 4.16. The third-order valence-electron chi connectivity index (χ3n) is 5.73. The van der Waals surface area contributed by atoms with Crippen LogP contribution in [-0.4, -0.2) is 49.9 Å². The first kappa shape index (κ1) is 26.2. The van der Waals surface area contributed by atoms with E-state index in [2.05, 4.69) is 9.97 Å². The first-order valence-electron chi connectivity index (χ1n) is 11.6. The van der Waals surface area contributed by atoms with Gasteiger partial charge in [-0.15, -0.1) is 0 Å². The molecule has 1 aromatic heterocycles. The quantitative estimate of drug-likeness (QED) is 0.342. The lowest BCUT2D eigenvalue weighted by atomic mass is 9.89. The molecule has 8 nitrogen and oxygen atoms in total. The van der Waals surface area contributed by atoms with Crippen LogP contribution in [-0.2, 0) is 31.2 Å². The van der Waals surface area contributed by atoms with Crippen molar-refractivity contribution in [2.24, 2.45) is 0 Å². The molecule has 1 aliphatic rings. The summed E-state index contributed by atoms with van der Waals surface area (Å²) in [6, 6.07) is 6.26. The summed E-state index contributed by atoms with van der Waals surface area (Å²) in [5.41, 5.74) is -0.258. The summed E-state index contributed by atoms with van der Waals surface area (Å²) in [7, 11) is -7.23. The van der Waals surface area contributed by atoms with Crippen LogP contribution in [0.1, 0.15) is 95.9 Å². The minimum Gasteiger partial charge on any atom is -0.287 e. The lowest BCUT2D eigenvalue weighted by Gasteiger charge is -2.19. The minimum absolute atomic E-state index is 0.0714. The van der Waals surface area contributed by atoms with Gasteiger partial charge >= 0.3 is 0 Å². The summed E-state index contributed by atoms with van der Waals surface area (Å²) < 4.78 is 51.0. The molecule has 184 valence electrons. The van der Waals surface area contributed by atoms with E-state index in [-0.39, 0.29) is 45.4 Å². The van der Waals surface area contributed by atoms with Crippen LogP contribution >= 0.6 is 0 Å². The van der Waals surface area contributed by atoms with Gasteiger partial charge in [-0.25, -0.2) is 26.8 Å². The molecule has 1 heterocycles. The van der Waals surface area contributed by atoms with E-state index in [1.807, 2.05) is 13.8 Å². The minimum atomic E-state index is -3.62. The molecule has 0 amide bonds. The van der Waals surface area contributed by atoms with Crippen molar-refractivity contribution >= 4 is 31.2 Å². The molecule has 3 rings (SSSR count). The molecular weight excluding hydrogens is 476 g/mol. The molecule has 0 unspecified atom stereocenters. The van der Waals surface area contributed by atoms with Gasteiger partial charge in [0.15, 0.2) is 19.7 Å². The van der Waals surface area contributed by atoms with Crippen molar-refractivity contribution in [3.05, 3.63) is 58.2 Å². The van der Waals surface area contributed by atoms with Crippen LogP contribution in [0.5, 0.6) is 0 Å². The highest BCUT2D eigenvalue weighted by Gasteiger charge is 2.34. The second-order valence-electron chi connectivity index (χ2n) is 8.62. The van der Waals surface area contributed by atoms with Gasteiger partial charge in [0.1, 0.15) is 11.4 Å². The SMILES string of the molecule is CCCCCS(=O)(=O)Cc1nc2c(nc1CS(=O)(=O)CCCCC)C(=O)c1ccccc1C2=O. The maximum absolute atomic E-state index is 13.0. The Morgan fingerprint density at radius 1 is 0.647 bits per heavy atom. The van der Waals surface area contributed by atoms with Crippen molar-refractivity contribution in [3.8, 4) is 0 Å². The summed E-state index contributed by atoms with van der Waals surface area (Å²) in [4.78, 5) is 34.6. The van der Waals surface area contributed by atoms with Gasteiger partial charge in [0.25, 0.3) is 0 Å². The lowest BCUT2D eigenvalue weighted by Crippen LogP contribution is -2.27. The van der Waals surface area contributed by atoms with Crippen LogP contribution < -0.4 is 0 Å². The monoisotopic (exact) mass is 506 g/mol. The Morgan fingerprint density at radius 2 is 1.03 bits per heavy atom. The van der Waals surface area contributed by atoms with E-state index in [1.54, 1.807) is 12.1 Å². The maximum Gasteiger partial charge on any atom is 0.214 e. The molecule has 34 heavy (non-hydrogen) atoms. The van der Waals surface area contributed by atoms with Crippen LogP contribution in [0.25, 0.3) is 0 Å². The molecule has 0 N–H and O–H groups in total. The Hall–Kier alpha value is -2.46. The third kappa shape index (κ3) is 6.15. The van der Waals surface area contributed by atoms with Gasteiger partial charge in [-0.2, -0.15) is 0 Å². The fourth-order valence-electron chi connectivity index (χ4n) is 3.89. The highest BCUT2D eigenvalue weighted by atomic mass is 32.2. The van der Waals surface area contributed by atoms with Crippen LogP contribution in [0.15, 0.2) is 24.3 Å². The van der Waals surface area contributed by atoms with Crippen LogP contribution in [0.4, 0.5) is 0 Å². The molecule has 0 bridgehead atoms. The number of carbonyl (C=O) groups excluding carboxylic acids is 2. The van der Waals surface area contributed by atoms with E-state index in [0.29, 0.717) is 12.8 Å². The predicted octanol–water partition coefficient (Wildman–Crippen LogP) is 3.46. The second kappa shape index (κ2) is 10.9. The van der Waals surface area contributed by atoms with E-state index in [0.717, 1.165) is 25.7 Å². The zero-order valence-corrected chi connectivity index (χ0v) is 21.2. The molecule has 0 spiro atoms. The summed E-state index contributed by atoms with van der Waals surface area (Å²) in [5.74, 6) is -2.25. The van der Waals surface area contributed by atoms with E-state index < -0.39 is 42.7 Å². The molecule has 1 aliphatic carbocycles. The van der Waals surface area contributed by atoms with E-state index in [4.69, 9.17) is 0 Å². The third-order valence-corrected chi connectivity index (χ3v) is 8.98. The number of rotatable bonds is 12. The van der Waals surface area contributed by atoms with Gasteiger partial charge in [0.05, 0.1) is 34.4 Å². The number of hydrogen-bond donors (Lipinski definition) is 0. The van der Waals surface area contributed by atoms with Crippen molar-refractivity contribution in [2.75, 3.05) is 11.5 Å². The Kier molecular flexibility index (Phi) is 8.35. The molecule has 0 saturated carbocycles. The van der Waals surface area contributed by atoms with E-state index in [9.17, 15) is 26.4 Å². The topological polar surface area (TPSA) is 128 Å². The Bertz CT molecular complexity index is 1200. The number of carbonyl (C=O) groups is 2. The number of ketones is 2. The summed E-state index contributed by atoms with van der Waals surface area (Å²) in [6.45, 7) is 3.92. The van der Waals surface area contributed by atoms with E-state index in [1.165, 1.54) is 12.1 Å². The fourth-order valence-corrected chi connectivity index (χ4v) is 6.76. The maximum atomic E-state index is 13.0. The molecule has 1 aromatic carbocycles. The van der Waals surface area contributed by atoms with Crippen molar-refractivity contribution in [3.63, 3.8) is 0 Å². The number of fused-ring (bicyclic) bond motifs is 2. The molecule has 2 aromatic rings. The number of sulfone groups is 2. The molecule has 0 fully saturated rings. The summed E-state index contributed by atoms with van der Waals surface area (Å²) >= 11 is 0. The van der Waals surface area contributed by atoms with Crippen molar-refractivity contribution < 1.29 is 26.4 Å². The van der Waals surface area contributed by atoms with Crippen molar-refractivity contribution in [2.45, 2.75) is 63.9 Å². The first-order chi connectivity index (χ1) is 16.1. The average molecular weight is 507 g/mol. The normalized spacial score (nSPS) is 13.6. The Balaban J connectivity index is 2.05. The van der Waals surface area contributed by atoms with Gasteiger partial charge in [-0.1, -0.05) is 63.8 Å². The zero-order valence-electron chi connectivity index (χ0n) is 19.5. The zero-order chi connectivity index (χ0) is 24.9. The van der Waals surface area contributed by atoms with Gasteiger partial charge in [0, 0.05) is 11.1 Å². The fraction of sp³-hybridized carbons (Fsp3) is 0.500. The number of benzene rings is 1. The molecule has 0 atom stereocenters. The number of hydrogen-bond acceptors (Lipinski definition) is 8. The smallest absolute Gasteiger partial charge is 0.214 e. The Labute approximate surface area is 201 Å². The molecule has 0 saturated heterocycles. The largest absolute Gasteiger partial charge is 0.287 e. The molecule has 0 radical (unpaired) electrons. The lowest BCUT2D eigenvalue weighted by molar-refractivity contribution is 0.0971. The number of nitrogens with zero attached hydrogens (tertiary/aromatic N) is 2. The van der Waals surface area contributed by atoms with Crippen LogP contribution in [0, 0.1) is 0 Å². The Morgan fingerprint density at radius 3 is 1.38 bits per heavy atom. The van der Waals surface area contributed by atoms with Crippen molar-refractivity contribution in [1.82, 2.24) is 9.97 Å². The van der Waals surface area contributed by atoms with Gasteiger partial charge in [-0.05, 0) is 12.8 Å². The average Bonchev–Trinajstić information content (AvgIpc) is 2.78. The highest BCUT2D eigenvalue weighted by Crippen LogP contribution is 2.27. The van der Waals surface area contributed by atoms with Crippen LogP contribution in [0.3, 0.4) is 0 Å². The van der Waals surface area contributed by atoms with E-state index >= 15 is 0 Å². The first-order valence-corrected chi connectivity index (χ1v) is 15.2. The van der Waals surface area contributed by atoms with Crippen LogP contribution in [0.2, 0.25) is 0 Å². The number of aromatic nitrogens is 2.